The number of ether oxygens (including phenoxy) is 1. The SMILES string of the molecule is O=C(O)C1CCC(C(=O)NCC2CCOC2)C1. The molecule has 0 aromatic rings. The smallest absolute Gasteiger partial charge is 0.306 e. The van der Waals surface area contributed by atoms with Crippen LogP contribution in [0.25, 0.3) is 0 Å². The monoisotopic (exact) mass is 241 g/mol. The largest absolute Gasteiger partial charge is 0.481 e. The molecule has 1 saturated heterocycles. The van der Waals surface area contributed by atoms with Crippen molar-refractivity contribution in [2.75, 3.05) is 19.8 Å². The van der Waals surface area contributed by atoms with E-state index in [2.05, 4.69) is 5.32 Å². The first-order chi connectivity index (χ1) is 8.16. The average molecular weight is 241 g/mol. The number of hydrogen-bond donors (Lipinski definition) is 2. The first kappa shape index (κ1) is 12.4. The quantitative estimate of drug-likeness (QED) is 0.757. The van der Waals surface area contributed by atoms with Crippen LogP contribution in [0, 0.1) is 17.8 Å². The molecule has 2 rings (SSSR count). The molecule has 0 bridgehead atoms. The van der Waals surface area contributed by atoms with Crippen LogP contribution in [-0.4, -0.2) is 36.7 Å². The Balaban J connectivity index is 1.71. The number of rotatable bonds is 4. The maximum absolute atomic E-state index is 11.8. The van der Waals surface area contributed by atoms with Crippen LogP contribution in [0.4, 0.5) is 0 Å². The van der Waals surface area contributed by atoms with E-state index in [0.717, 1.165) is 19.6 Å². The fraction of sp³-hybridized carbons (Fsp3) is 0.833. The first-order valence-corrected chi connectivity index (χ1v) is 6.25. The van der Waals surface area contributed by atoms with E-state index in [-0.39, 0.29) is 17.7 Å². The van der Waals surface area contributed by atoms with Gasteiger partial charge in [0.25, 0.3) is 0 Å². The third kappa shape index (κ3) is 3.19. The van der Waals surface area contributed by atoms with Gasteiger partial charge in [-0.25, -0.2) is 0 Å². The van der Waals surface area contributed by atoms with Crippen molar-refractivity contribution in [2.24, 2.45) is 17.8 Å². The van der Waals surface area contributed by atoms with Gasteiger partial charge in [0.1, 0.15) is 0 Å². The van der Waals surface area contributed by atoms with Crippen molar-refractivity contribution in [3.8, 4) is 0 Å². The standard InChI is InChI=1S/C12H19NO4/c14-11(13-6-8-3-4-17-7-8)9-1-2-10(5-9)12(15)16/h8-10H,1-7H2,(H,13,14)(H,15,16). The summed E-state index contributed by atoms with van der Waals surface area (Å²) in [5, 5.41) is 11.8. The molecule has 2 aliphatic rings. The van der Waals surface area contributed by atoms with Gasteiger partial charge in [-0.3, -0.25) is 9.59 Å². The lowest BCUT2D eigenvalue weighted by Crippen LogP contribution is -2.34. The molecular formula is C12H19NO4. The van der Waals surface area contributed by atoms with Crippen molar-refractivity contribution in [3.63, 3.8) is 0 Å². The maximum atomic E-state index is 11.8. The molecule has 2 N–H and O–H groups in total. The predicted molar refractivity (Wildman–Crippen MR) is 60.4 cm³/mol. The minimum absolute atomic E-state index is 0.0145. The number of carboxylic acid groups (broad SMARTS) is 1. The van der Waals surface area contributed by atoms with E-state index in [0.29, 0.717) is 31.7 Å². The summed E-state index contributed by atoms with van der Waals surface area (Å²) in [7, 11) is 0. The molecule has 1 aliphatic carbocycles. The van der Waals surface area contributed by atoms with Crippen LogP contribution in [0.1, 0.15) is 25.7 Å². The van der Waals surface area contributed by atoms with Crippen LogP contribution in [0.15, 0.2) is 0 Å². The zero-order chi connectivity index (χ0) is 12.3. The number of carbonyl (C=O) groups excluding carboxylic acids is 1. The van der Waals surface area contributed by atoms with Crippen LogP contribution in [0.3, 0.4) is 0 Å². The molecule has 1 heterocycles. The Bertz CT molecular complexity index is 299. The van der Waals surface area contributed by atoms with Gasteiger partial charge in [0.15, 0.2) is 0 Å². The second-order valence-electron chi connectivity index (χ2n) is 5.02. The highest BCUT2D eigenvalue weighted by molar-refractivity contribution is 5.80. The molecule has 0 radical (unpaired) electrons. The highest BCUT2D eigenvalue weighted by Gasteiger charge is 2.33. The Morgan fingerprint density at radius 2 is 2.00 bits per heavy atom. The second kappa shape index (κ2) is 5.49. The molecule has 5 heteroatoms. The lowest BCUT2D eigenvalue weighted by atomic mass is 10.0. The molecule has 1 amide bonds. The number of aliphatic carboxylic acids is 1. The Morgan fingerprint density at radius 1 is 1.24 bits per heavy atom. The van der Waals surface area contributed by atoms with Gasteiger partial charge in [-0.2, -0.15) is 0 Å². The number of carboxylic acids is 1. The summed E-state index contributed by atoms with van der Waals surface area (Å²) in [4.78, 5) is 22.6. The molecule has 5 nitrogen and oxygen atoms in total. The Kier molecular flexibility index (Phi) is 3.99. The summed E-state index contributed by atoms with van der Waals surface area (Å²) in [5.74, 6) is -0.778. The zero-order valence-electron chi connectivity index (χ0n) is 9.85. The highest BCUT2D eigenvalue weighted by Crippen LogP contribution is 2.31. The molecule has 1 aliphatic heterocycles. The van der Waals surface area contributed by atoms with E-state index < -0.39 is 5.97 Å². The summed E-state index contributed by atoms with van der Waals surface area (Å²) in [6.45, 7) is 2.17. The minimum Gasteiger partial charge on any atom is -0.481 e. The minimum atomic E-state index is -0.774. The van der Waals surface area contributed by atoms with E-state index in [1.165, 1.54) is 0 Å². The van der Waals surface area contributed by atoms with Crippen molar-refractivity contribution < 1.29 is 19.4 Å². The zero-order valence-corrected chi connectivity index (χ0v) is 9.85. The number of nitrogens with one attached hydrogen (secondary N) is 1. The second-order valence-corrected chi connectivity index (χ2v) is 5.02. The summed E-state index contributed by atoms with van der Waals surface area (Å²) in [6, 6.07) is 0. The van der Waals surface area contributed by atoms with Gasteiger partial charge >= 0.3 is 5.97 Å². The van der Waals surface area contributed by atoms with E-state index in [1.807, 2.05) is 0 Å². The van der Waals surface area contributed by atoms with Gasteiger partial charge in [-0.15, -0.1) is 0 Å². The third-order valence-corrected chi connectivity index (χ3v) is 3.74. The average Bonchev–Trinajstić information content (AvgIpc) is 2.96. The molecule has 0 aromatic carbocycles. The van der Waals surface area contributed by atoms with Crippen molar-refractivity contribution >= 4 is 11.9 Å². The highest BCUT2D eigenvalue weighted by atomic mass is 16.5. The van der Waals surface area contributed by atoms with Crippen LogP contribution < -0.4 is 5.32 Å². The van der Waals surface area contributed by atoms with E-state index in [1.54, 1.807) is 0 Å². The van der Waals surface area contributed by atoms with Crippen LogP contribution in [0.2, 0.25) is 0 Å². The lowest BCUT2D eigenvalue weighted by Gasteiger charge is -2.13. The summed E-state index contributed by atoms with van der Waals surface area (Å²) < 4.78 is 5.23. The van der Waals surface area contributed by atoms with Crippen molar-refractivity contribution in [1.82, 2.24) is 5.32 Å². The van der Waals surface area contributed by atoms with Crippen molar-refractivity contribution in [1.29, 1.82) is 0 Å². The Hall–Kier alpha value is -1.10. The summed E-state index contributed by atoms with van der Waals surface area (Å²) in [6.07, 6.45) is 2.81. The molecule has 3 atom stereocenters. The third-order valence-electron chi connectivity index (χ3n) is 3.74. The van der Waals surface area contributed by atoms with Gasteiger partial charge in [0.05, 0.1) is 12.5 Å². The Labute approximate surface area is 101 Å². The summed E-state index contributed by atoms with van der Waals surface area (Å²) in [5.41, 5.74) is 0. The topological polar surface area (TPSA) is 75.6 Å². The van der Waals surface area contributed by atoms with Crippen LogP contribution in [0.5, 0.6) is 0 Å². The first-order valence-electron chi connectivity index (χ1n) is 6.25. The van der Waals surface area contributed by atoms with E-state index in [4.69, 9.17) is 9.84 Å². The number of carbonyl (C=O) groups is 2. The normalized spacial score (nSPS) is 32.6. The molecular weight excluding hydrogens is 222 g/mol. The van der Waals surface area contributed by atoms with Gasteiger partial charge < -0.3 is 15.2 Å². The van der Waals surface area contributed by atoms with Crippen molar-refractivity contribution in [2.45, 2.75) is 25.7 Å². The predicted octanol–water partition coefficient (Wildman–Crippen LogP) is 0.640. The molecule has 2 fully saturated rings. The van der Waals surface area contributed by atoms with Gasteiger partial charge in [0.2, 0.25) is 5.91 Å². The van der Waals surface area contributed by atoms with Gasteiger partial charge in [-0.1, -0.05) is 0 Å². The molecule has 0 spiro atoms. The molecule has 1 saturated carbocycles. The molecule has 17 heavy (non-hydrogen) atoms. The summed E-state index contributed by atoms with van der Waals surface area (Å²) >= 11 is 0. The van der Waals surface area contributed by atoms with Crippen molar-refractivity contribution in [3.05, 3.63) is 0 Å². The fourth-order valence-electron chi connectivity index (χ4n) is 2.58. The van der Waals surface area contributed by atoms with Crippen LogP contribution >= 0.6 is 0 Å². The van der Waals surface area contributed by atoms with E-state index >= 15 is 0 Å². The van der Waals surface area contributed by atoms with E-state index in [9.17, 15) is 9.59 Å². The molecule has 96 valence electrons. The maximum Gasteiger partial charge on any atom is 0.306 e. The van der Waals surface area contributed by atoms with Crippen LogP contribution in [-0.2, 0) is 14.3 Å². The Morgan fingerprint density at radius 3 is 2.59 bits per heavy atom. The molecule has 0 aromatic heterocycles. The molecule has 3 unspecified atom stereocenters. The number of amides is 1. The lowest BCUT2D eigenvalue weighted by molar-refractivity contribution is -0.141. The fourth-order valence-corrected chi connectivity index (χ4v) is 2.58. The van der Waals surface area contributed by atoms with Gasteiger partial charge in [-0.05, 0) is 25.7 Å². The van der Waals surface area contributed by atoms with Gasteiger partial charge in [0, 0.05) is 25.0 Å². The number of hydrogen-bond acceptors (Lipinski definition) is 3.